The molecular formula is C16H14O4. The number of aryl methyl sites for hydroxylation is 1. The van der Waals surface area contributed by atoms with Crippen molar-refractivity contribution in [3.05, 3.63) is 70.8 Å². The van der Waals surface area contributed by atoms with Gasteiger partial charge in [-0.15, -0.1) is 0 Å². The summed E-state index contributed by atoms with van der Waals surface area (Å²) in [6, 6.07) is 13.3. The number of carboxylic acids is 1. The van der Waals surface area contributed by atoms with Gasteiger partial charge in [0.25, 0.3) is 0 Å². The minimum atomic E-state index is -0.979. The predicted molar refractivity (Wildman–Crippen MR) is 73.7 cm³/mol. The highest BCUT2D eigenvalue weighted by molar-refractivity contribution is 5.89. The third-order valence-electron chi connectivity index (χ3n) is 2.86. The van der Waals surface area contributed by atoms with Crippen molar-refractivity contribution in [3.63, 3.8) is 0 Å². The molecule has 1 N–H and O–H groups in total. The Morgan fingerprint density at radius 1 is 0.950 bits per heavy atom. The third-order valence-corrected chi connectivity index (χ3v) is 2.86. The van der Waals surface area contributed by atoms with E-state index in [0.717, 1.165) is 11.1 Å². The Bertz CT molecular complexity index is 612. The maximum absolute atomic E-state index is 11.8. The number of esters is 1. The van der Waals surface area contributed by atoms with Crippen LogP contribution in [0.2, 0.25) is 0 Å². The van der Waals surface area contributed by atoms with Crippen LogP contribution < -0.4 is 0 Å². The Labute approximate surface area is 116 Å². The molecule has 0 aromatic heterocycles. The summed E-state index contributed by atoms with van der Waals surface area (Å²) in [6.45, 7) is 2.06. The maximum atomic E-state index is 11.8. The van der Waals surface area contributed by atoms with Crippen LogP contribution in [-0.4, -0.2) is 17.0 Å². The number of carbonyl (C=O) groups is 2. The Morgan fingerprint density at radius 2 is 1.50 bits per heavy atom. The van der Waals surface area contributed by atoms with Crippen LogP contribution in [-0.2, 0) is 11.3 Å². The molecule has 2 aromatic carbocycles. The van der Waals surface area contributed by atoms with Crippen LogP contribution in [0, 0.1) is 6.92 Å². The van der Waals surface area contributed by atoms with Crippen LogP contribution in [0.1, 0.15) is 31.8 Å². The number of carbonyl (C=O) groups excluding carboxylic acids is 1. The lowest BCUT2D eigenvalue weighted by molar-refractivity contribution is 0.0472. The number of hydrogen-bond donors (Lipinski definition) is 1. The molecule has 0 saturated heterocycles. The molecule has 0 unspecified atom stereocenters. The molecule has 0 fully saturated rings. The monoisotopic (exact) mass is 270 g/mol. The van der Waals surface area contributed by atoms with E-state index in [1.807, 2.05) is 19.1 Å². The first-order valence-corrected chi connectivity index (χ1v) is 6.12. The van der Waals surface area contributed by atoms with Crippen LogP contribution >= 0.6 is 0 Å². The second kappa shape index (κ2) is 6.02. The fraction of sp³-hybridized carbons (Fsp3) is 0.125. The van der Waals surface area contributed by atoms with Crippen LogP contribution in [0.5, 0.6) is 0 Å². The fourth-order valence-electron chi connectivity index (χ4n) is 1.67. The van der Waals surface area contributed by atoms with Crippen molar-refractivity contribution in [2.24, 2.45) is 0 Å². The Balaban J connectivity index is 1.96. The second-order valence-electron chi connectivity index (χ2n) is 4.44. The molecule has 0 radical (unpaired) electrons. The summed E-state index contributed by atoms with van der Waals surface area (Å²) in [5, 5.41) is 8.78. The van der Waals surface area contributed by atoms with Gasteiger partial charge in [0.05, 0.1) is 11.1 Å². The second-order valence-corrected chi connectivity index (χ2v) is 4.44. The van der Waals surface area contributed by atoms with Crippen molar-refractivity contribution in [2.45, 2.75) is 13.5 Å². The largest absolute Gasteiger partial charge is 0.478 e. The number of rotatable bonds is 4. The normalized spacial score (nSPS) is 10.1. The van der Waals surface area contributed by atoms with Gasteiger partial charge in [-0.2, -0.15) is 0 Å². The van der Waals surface area contributed by atoms with Crippen LogP contribution in [0.25, 0.3) is 0 Å². The van der Waals surface area contributed by atoms with Gasteiger partial charge in [0.2, 0.25) is 0 Å². The molecule has 0 aliphatic heterocycles. The molecule has 0 aliphatic rings. The molecule has 0 saturated carbocycles. The molecule has 0 spiro atoms. The molecule has 102 valence electrons. The first-order chi connectivity index (χ1) is 9.56. The van der Waals surface area contributed by atoms with Gasteiger partial charge in [-0.05, 0) is 36.8 Å². The van der Waals surface area contributed by atoms with Crippen molar-refractivity contribution in [1.82, 2.24) is 0 Å². The predicted octanol–water partition coefficient (Wildman–Crippen LogP) is 3.05. The standard InChI is InChI=1S/C16H14O4/c1-11-2-6-14(7-3-11)16(19)20-10-12-4-8-13(9-5-12)15(17)18/h2-9H,10H2,1H3,(H,17,18). The van der Waals surface area contributed by atoms with Gasteiger partial charge in [0.1, 0.15) is 6.61 Å². The third kappa shape index (κ3) is 3.45. The lowest BCUT2D eigenvalue weighted by Crippen LogP contribution is -2.05. The zero-order chi connectivity index (χ0) is 14.5. The molecule has 4 heteroatoms. The number of carboxylic acid groups (broad SMARTS) is 1. The van der Waals surface area contributed by atoms with E-state index >= 15 is 0 Å². The lowest BCUT2D eigenvalue weighted by atomic mass is 10.1. The Hall–Kier alpha value is -2.62. The first-order valence-electron chi connectivity index (χ1n) is 6.12. The minimum absolute atomic E-state index is 0.118. The summed E-state index contributed by atoms with van der Waals surface area (Å²) in [4.78, 5) is 22.5. The first kappa shape index (κ1) is 13.8. The number of aromatic carboxylic acids is 1. The quantitative estimate of drug-likeness (QED) is 0.867. The molecule has 0 heterocycles. The van der Waals surface area contributed by atoms with E-state index < -0.39 is 11.9 Å². The van der Waals surface area contributed by atoms with Gasteiger partial charge in [-0.3, -0.25) is 0 Å². The van der Waals surface area contributed by atoms with Gasteiger partial charge >= 0.3 is 11.9 Å². The lowest BCUT2D eigenvalue weighted by Gasteiger charge is -2.05. The maximum Gasteiger partial charge on any atom is 0.338 e. The van der Waals surface area contributed by atoms with Gasteiger partial charge < -0.3 is 9.84 Å². The van der Waals surface area contributed by atoms with Crippen molar-refractivity contribution in [1.29, 1.82) is 0 Å². The summed E-state index contributed by atoms with van der Waals surface area (Å²) >= 11 is 0. The smallest absolute Gasteiger partial charge is 0.338 e. The van der Waals surface area contributed by atoms with E-state index in [1.165, 1.54) is 12.1 Å². The number of ether oxygens (including phenoxy) is 1. The fourth-order valence-corrected chi connectivity index (χ4v) is 1.67. The van der Waals surface area contributed by atoms with E-state index in [2.05, 4.69) is 0 Å². The highest BCUT2D eigenvalue weighted by atomic mass is 16.5. The van der Waals surface area contributed by atoms with E-state index in [9.17, 15) is 9.59 Å². The van der Waals surface area contributed by atoms with Crippen LogP contribution in [0.3, 0.4) is 0 Å². The van der Waals surface area contributed by atoms with Gasteiger partial charge in [0, 0.05) is 0 Å². The van der Waals surface area contributed by atoms with E-state index in [4.69, 9.17) is 9.84 Å². The average molecular weight is 270 g/mol. The van der Waals surface area contributed by atoms with Crippen molar-refractivity contribution < 1.29 is 19.4 Å². The SMILES string of the molecule is Cc1ccc(C(=O)OCc2ccc(C(=O)O)cc2)cc1. The van der Waals surface area contributed by atoms with E-state index in [-0.39, 0.29) is 12.2 Å². The van der Waals surface area contributed by atoms with Gasteiger partial charge in [-0.1, -0.05) is 29.8 Å². The van der Waals surface area contributed by atoms with Crippen molar-refractivity contribution >= 4 is 11.9 Å². The summed E-state index contributed by atoms with van der Waals surface area (Å²) in [6.07, 6.45) is 0. The van der Waals surface area contributed by atoms with Gasteiger partial charge in [0.15, 0.2) is 0 Å². The molecule has 0 aliphatic carbocycles. The molecule has 20 heavy (non-hydrogen) atoms. The summed E-state index contributed by atoms with van der Waals surface area (Å²) < 4.78 is 5.17. The van der Waals surface area contributed by atoms with Crippen LogP contribution in [0.15, 0.2) is 48.5 Å². The Kier molecular flexibility index (Phi) is 4.15. The highest BCUT2D eigenvalue weighted by Crippen LogP contribution is 2.09. The zero-order valence-electron chi connectivity index (χ0n) is 11.0. The topological polar surface area (TPSA) is 63.6 Å². The number of benzene rings is 2. The highest BCUT2D eigenvalue weighted by Gasteiger charge is 2.07. The summed E-state index contributed by atoms with van der Waals surface area (Å²) in [5.74, 6) is -1.37. The van der Waals surface area contributed by atoms with E-state index in [1.54, 1.807) is 24.3 Å². The van der Waals surface area contributed by atoms with Gasteiger partial charge in [-0.25, -0.2) is 9.59 Å². The van der Waals surface area contributed by atoms with E-state index in [0.29, 0.717) is 5.56 Å². The molecule has 4 nitrogen and oxygen atoms in total. The molecule has 2 aromatic rings. The summed E-state index contributed by atoms with van der Waals surface area (Å²) in [7, 11) is 0. The Morgan fingerprint density at radius 3 is 2.05 bits per heavy atom. The van der Waals surface area contributed by atoms with Crippen molar-refractivity contribution in [2.75, 3.05) is 0 Å². The molecule has 0 bridgehead atoms. The van der Waals surface area contributed by atoms with Crippen molar-refractivity contribution in [3.8, 4) is 0 Å². The molecule has 0 amide bonds. The van der Waals surface area contributed by atoms with Crippen LogP contribution in [0.4, 0.5) is 0 Å². The molecule has 0 atom stereocenters. The zero-order valence-corrected chi connectivity index (χ0v) is 11.0. The summed E-state index contributed by atoms with van der Waals surface area (Å²) in [5.41, 5.74) is 2.53. The minimum Gasteiger partial charge on any atom is -0.478 e. The molecule has 2 rings (SSSR count). The number of hydrogen-bond acceptors (Lipinski definition) is 3. The molecular weight excluding hydrogens is 256 g/mol. The average Bonchev–Trinajstić information content (AvgIpc) is 2.46.